The number of aryl methyl sites for hydroxylation is 1. The molecule has 0 amide bonds. The number of hydrogen-bond donors (Lipinski definition) is 1. The van der Waals surface area contributed by atoms with Crippen LogP contribution >= 0.6 is 24.0 Å². The molecule has 0 heterocycles. The fourth-order valence-corrected chi connectivity index (χ4v) is 2.28. The Morgan fingerprint density at radius 2 is 1.92 bits per heavy atom. The lowest BCUT2D eigenvalue weighted by Crippen LogP contribution is -2.39. The van der Waals surface area contributed by atoms with E-state index in [1.165, 1.54) is 11.1 Å². The van der Waals surface area contributed by atoms with Crippen molar-refractivity contribution in [3.8, 4) is 0 Å². The van der Waals surface area contributed by atoms with Crippen LogP contribution in [-0.4, -0.2) is 58.4 Å². The van der Waals surface area contributed by atoms with E-state index in [0.29, 0.717) is 13.2 Å². The Kier molecular flexibility index (Phi) is 14.0. The SMILES string of the molecule is CN=C(NCCCCOCCOC)N(C)Cc1ccccc1C.I. The molecule has 0 atom stereocenters. The predicted molar refractivity (Wildman–Crippen MR) is 111 cm³/mol. The zero-order chi connectivity index (χ0) is 16.9. The second-order valence-electron chi connectivity index (χ2n) is 5.57. The van der Waals surface area contributed by atoms with Gasteiger partial charge in [-0.25, -0.2) is 0 Å². The molecule has 6 heteroatoms. The van der Waals surface area contributed by atoms with E-state index in [1.54, 1.807) is 7.11 Å². The molecule has 138 valence electrons. The molecule has 0 aromatic heterocycles. The number of aliphatic imine (C=N–C) groups is 1. The maximum absolute atomic E-state index is 5.45. The minimum atomic E-state index is 0. The highest BCUT2D eigenvalue weighted by molar-refractivity contribution is 14.0. The number of methoxy groups -OCH3 is 1. The fourth-order valence-electron chi connectivity index (χ4n) is 2.28. The van der Waals surface area contributed by atoms with Crippen molar-refractivity contribution in [1.29, 1.82) is 0 Å². The Morgan fingerprint density at radius 3 is 2.58 bits per heavy atom. The van der Waals surface area contributed by atoms with E-state index in [-0.39, 0.29) is 24.0 Å². The van der Waals surface area contributed by atoms with Gasteiger partial charge in [0.25, 0.3) is 0 Å². The van der Waals surface area contributed by atoms with E-state index in [1.807, 2.05) is 7.05 Å². The highest BCUT2D eigenvalue weighted by Gasteiger charge is 2.07. The number of benzene rings is 1. The van der Waals surface area contributed by atoms with Gasteiger partial charge < -0.3 is 19.7 Å². The maximum atomic E-state index is 5.45. The molecule has 0 spiro atoms. The first-order valence-corrected chi connectivity index (χ1v) is 8.22. The van der Waals surface area contributed by atoms with Crippen LogP contribution in [0.25, 0.3) is 0 Å². The zero-order valence-electron chi connectivity index (χ0n) is 15.4. The van der Waals surface area contributed by atoms with Crippen LogP contribution in [0.5, 0.6) is 0 Å². The van der Waals surface area contributed by atoms with Crippen LogP contribution in [-0.2, 0) is 16.0 Å². The molecule has 0 radical (unpaired) electrons. The molecular weight excluding hydrogens is 417 g/mol. The van der Waals surface area contributed by atoms with Gasteiger partial charge in [-0.2, -0.15) is 0 Å². The van der Waals surface area contributed by atoms with Crippen LogP contribution in [0.1, 0.15) is 24.0 Å². The Bertz CT molecular complexity index is 469. The van der Waals surface area contributed by atoms with Crippen LogP contribution in [0.2, 0.25) is 0 Å². The van der Waals surface area contributed by atoms with Crippen molar-refractivity contribution in [2.75, 3.05) is 47.6 Å². The molecular formula is C18H32IN3O2. The first-order chi connectivity index (χ1) is 11.2. The molecule has 0 aliphatic carbocycles. The number of nitrogens with zero attached hydrogens (tertiary/aromatic N) is 2. The van der Waals surface area contributed by atoms with Gasteiger partial charge in [0.2, 0.25) is 0 Å². The number of ether oxygens (including phenoxy) is 2. The lowest BCUT2D eigenvalue weighted by molar-refractivity contribution is 0.0689. The van der Waals surface area contributed by atoms with Crippen molar-refractivity contribution < 1.29 is 9.47 Å². The van der Waals surface area contributed by atoms with Crippen molar-refractivity contribution in [2.24, 2.45) is 4.99 Å². The molecule has 0 bridgehead atoms. The van der Waals surface area contributed by atoms with E-state index in [9.17, 15) is 0 Å². The van der Waals surface area contributed by atoms with Gasteiger partial charge in [-0.05, 0) is 30.9 Å². The van der Waals surface area contributed by atoms with Crippen molar-refractivity contribution in [3.05, 3.63) is 35.4 Å². The average molecular weight is 449 g/mol. The largest absolute Gasteiger partial charge is 0.382 e. The van der Waals surface area contributed by atoms with Gasteiger partial charge >= 0.3 is 0 Å². The summed E-state index contributed by atoms with van der Waals surface area (Å²) < 4.78 is 10.4. The van der Waals surface area contributed by atoms with E-state index in [0.717, 1.165) is 38.5 Å². The second kappa shape index (κ2) is 14.5. The van der Waals surface area contributed by atoms with Gasteiger partial charge in [-0.3, -0.25) is 4.99 Å². The second-order valence-corrected chi connectivity index (χ2v) is 5.57. The maximum Gasteiger partial charge on any atom is 0.193 e. The minimum absolute atomic E-state index is 0. The van der Waals surface area contributed by atoms with E-state index in [2.05, 4.69) is 53.4 Å². The number of halogens is 1. The monoisotopic (exact) mass is 449 g/mol. The number of nitrogens with one attached hydrogen (secondary N) is 1. The van der Waals surface area contributed by atoms with Gasteiger partial charge in [0.1, 0.15) is 0 Å². The van der Waals surface area contributed by atoms with E-state index in [4.69, 9.17) is 9.47 Å². The molecule has 0 aliphatic rings. The summed E-state index contributed by atoms with van der Waals surface area (Å²) in [6.45, 7) is 6.01. The van der Waals surface area contributed by atoms with Gasteiger partial charge in [0, 0.05) is 40.9 Å². The number of hydrogen-bond acceptors (Lipinski definition) is 3. The van der Waals surface area contributed by atoms with Crippen molar-refractivity contribution in [2.45, 2.75) is 26.3 Å². The number of guanidine groups is 1. The van der Waals surface area contributed by atoms with E-state index >= 15 is 0 Å². The minimum Gasteiger partial charge on any atom is -0.382 e. The van der Waals surface area contributed by atoms with Crippen molar-refractivity contribution in [3.63, 3.8) is 0 Å². The third-order valence-corrected chi connectivity index (χ3v) is 3.67. The first-order valence-electron chi connectivity index (χ1n) is 8.22. The van der Waals surface area contributed by atoms with Gasteiger partial charge in [0.05, 0.1) is 13.2 Å². The molecule has 0 saturated carbocycles. The summed E-state index contributed by atoms with van der Waals surface area (Å²) in [6, 6.07) is 8.45. The lowest BCUT2D eigenvalue weighted by Gasteiger charge is -2.23. The molecule has 0 saturated heterocycles. The number of unbranched alkanes of at least 4 members (excludes halogenated alkanes) is 1. The molecule has 0 unspecified atom stereocenters. The van der Waals surface area contributed by atoms with Crippen LogP contribution in [0.3, 0.4) is 0 Å². The highest BCUT2D eigenvalue weighted by atomic mass is 127. The Hall–Kier alpha value is -0.860. The Morgan fingerprint density at radius 1 is 1.17 bits per heavy atom. The highest BCUT2D eigenvalue weighted by Crippen LogP contribution is 2.09. The fraction of sp³-hybridized carbons (Fsp3) is 0.611. The topological polar surface area (TPSA) is 46.1 Å². The lowest BCUT2D eigenvalue weighted by atomic mass is 10.1. The summed E-state index contributed by atoms with van der Waals surface area (Å²) in [5, 5.41) is 3.41. The zero-order valence-corrected chi connectivity index (χ0v) is 17.7. The third-order valence-electron chi connectivity index (χ3n) is 3.67. The van der Waals surface area contributed by atoms with Crippen LogP contribution in [0.15, 0.2) is 29.3 Å². The normalized spacial score (nSPS) is 11.1. The predicted octanol–water partition coefficient (Wildman–Crippen LogP) is 3.06. The first kappa shape index (κ1) is 23.1. The standard InChI is InChI=1S/C18H31N3O2.HI/c1-16-9-5-6-10-17(16)15-21(3)18(19-2)20-11-7-8-12-23-14-13-22-4;/h5-6,9-10H,7-8,11-15H2,1-4H3,(H,19,20);1H. The molecule has 1 aromatic rings. The van der Waals surface area contributed by atoms with Gasteiger partial charge in [-0.15, -0.1) is 24.0 Å². The molecule has 1 rings (SSSR count). The van der Waals surface area contributed by atoms with Crippen LogP contribution < -0.4 is 5.32 Å². The summed E-state index contributed by atoms with van der Waals surface area (Å²) in [4.78, 5) is 6.51. The van der Waals surface area contributed by atoms with Crippen LogP contribution in [0, 0.1) is 6.92 Å². The molecule has 1 N–H and O–H groups in total. The molecule has 24 heavy (non-hydrogen) atoms. The summed E-state index contributed by atoms with van der Waals surface area (Å²) in [5.41, 5.74) is 2.63. The summed E-state index contributed by atoms with van der Waals surface area (Å²) in [5.74, 6) is 0.925. The molecule has 5 nitrogen and oxygen atoms in total. The summed E-state index contributed by atoms with van der Waals surface area (Å²) in [6.07, 6.45) is 2.10. The molecule has 0 aliphatic heterocycles. The average Bonchev–Trinajstić information content (AvgIpc) is 2.55. The Labute approximate surface area is 163 Å². The van der Waals surface area contributed by atoms with Crippen molar-refractivity contribution in [1.82, 2.24) is 10.2 Å². The molecule has 0 fully saturated rings. The van der Waals surface area contributed by atoms with Crippen LogP contribution in [0.4, 0.5) is 0 Å². The quantitative estimate of drug-likeness (QED) is 0.258. The van der Waals surface area contributed by atoms with Gasteiger partial charge in [0.15, 0.2) is 5.96 Å². The molecule has 1 aromatic carbocycles. The van der Waals surface area contributed by atoms with Gasteiger partial charge in [-0.1, -0.05) is 24.3 Å². The van der Waals surface area contributed by atoms with Crippen molar-refractivity contribution >= 4 is 29.9 Å². The summed E-state index contributed by atoms with van der Waals surface area (Å²) >= 11 is 0. The Balaban J connectivity index is 0.00000529. The summed E-state index contributed by atoms with van der Waals surface area (Å²) in [7, 11) is 5.58. The van der Waals surface area contributed by atoms with E-state index < -0.39 is 0 Å². The third kappa shape index (κ3) is 9.44. The number of rotatable bonds is 10. The smallest absolute Gasteiger partial charge is 0.193 e.